The second kappa shape index (κ2) is 11.4. The third kappa shape index (κ3) is 5.05. The van der Waals surface area contributed by atoms with E-state index in [2.05, 4.69) is 126 Å². The van der Waals surface area contributed by atoms with Gasteiger partial charge in [0.2, 0.25) is 0 Å². The van der Waals surface area contributed by atoms with Crippen molar-refractivity contribution < 1.29 is 0 Å². The van der Waals surface area contributed by atoms with Crippen LogP contribution < -0.4 is 0 Å². The molecular formula is C43H27N3S. The molecule has 3 nitrogen and oxygen atoms in total. The SMILES string of the molecule is c1ccc(-c2nc(-c3cccnc3)cc(-c3cc(-c4ccc5sc6ccccc6c5c4)cc(-c4cccc5ccccc45)c3)n2)cc1. The minimum absolute atomic E-state index is 0.685. The van der Waals surface area contributed by atoms with Gasteiger partial charge >= 0.3 is 0 Å². The predicted octanol–water partition coefficient (Wildman–Crippen LogP) is 11.7. The number of hydrogen-bond acceptors (Lipinski definition) is 4. The summed E-state index contributed by atoms with van der Waals surface area (Å²) in [4.78, 5) is 14.6. The van der Waals surface area contributed by atoms with E-state index in [1.807, 2.05) is 47.9 Å². The number of rotatable bonds is 5. The first-order valence-electron chi connectivity index (χ1n) is 15.7. The molecule has 9 rings (SSSR count). The fourth-order valence-electron chi connectivity index (χ4n) is 6.45. The number of thiophene rings is 1. The average molecular weight is 618 g/mol. The molecule has 3 heterocycles. The Bertz CT molecular complexity index is 2510. The van der Waals surface area contributed by atoms with Crippen molar-refractivity contribution in [1.29, 1.82) is 0 Å². The molecule has 3 aromatic heterocycles. The van der Waals surface area contributed by atoms with Crippen LogP contribution in [-0.4, -0.2) is 15.0 Å². The lowest BCUT2D eigenvalue weighted by Crippen LogP contribution is -1.97. The minimum atomic E-state index is 0.685. The summed E-state index contributed by atoms with van der Waals surface area (Å²) < 4.78 is 2.60. The normalized spacial score (nSPS) is 11.4. The van der Waals surface area contributed by atoms with Crippen LogP contribution >= 0.6 is 11.3 Å². The van der Waals surface area contributed by atoms with Gasteiger partial charge in [-0.25, -0.2) is 9.97 Å². The molecule has 0 aliphatic rings. The van der Waals surface area contributed by atoms with Crippen molar-refractivity contribution in [3.8, 4) is 56.2 Å². The number of fused-ring (bicyclic) bond motifs is 4. The van der Waals surface area contributed by atoms with Crippen molar-refractivity contribution in [2.75, 3.05) is 0 Å². The van der Waals surface area contributed by atoms with Crippen LogP contribution in [0, 0.1) is 0 Å². The molecule has 0 radical (unpaired) electrons. The van der Waals surface area contributed by atoms with E-state index in [0.29, 0.717) is 5.82 Å². The molecule has 6 aromatic carbocycles. The predicted molar refractivity (Wildman–Crippen MR) is 197 cm³/mol. The first kappa shape index (κ1) is 27.3. The van der Waals surface area contributed by atoms with Gasteiger partial charge in [0.25, 0.3) is 0 Å². The van der Waals surface area contributed by atoms with Gasteiger partial charge in [0, 0.05) is 49.3 Å². The molecule has 0 N–H and O–H groups in total. The van der Waals surface area contributed by atoms with E-state index < -0.39 is 0 Å². The molecule has 9 aromatic rings. The number of hydrogen-bond donors (Lipinski definition) is 0. The monoisotopic (exact) mass is 617 g/mol. The molecule has 0 fully saturated rings. The highest BCUT2D eigenvalue weighted by atomic mass is 32.1. The molecule has 0 atom stereocenters. The van der Waals surface area contributed by atoms with Crippen molar-refractivity contribution in [2.24, 2.45) is 0 Å². The summed E-state index contributed by atoms with van der Waals surface area (Å²) in [6.45, 7) is 0. The Balaban J connectivity index is 1.30. The quantitative estimate of drug-likeness (QED) is 0.193. The van der Waals surface area contributed by atoms with E-state index in [-0.39, 0.29) is 0 Å². The molecule has 0 amide bonds. The van der Waals surface area contributed by atoms with E-state index in [0.717, 1.165) is 39.2 Å². The summed E-state index contributed by atoms with van der Waals surface area (Å²) in [5, 5.41) is 5.02. The number of benzene rings is 6. The molecule has 0 saturated heterocycles. The highest BCUT2D eigenvalue weighted by Gasteiger charge is 2.15. The maximum absolute atomic E-state index is 5.18. The van der Waals surface area contributed by atoms with E-state index in [1.165, 1.54) is 42.1 Å². The zero-order chi connectivity index (χ0) is 31.2. The van der Waals surface area contributed by atoms with Crippen molar-refractivity contribution in [3.63, 3.8) is 0 Å². The van der Waals surface area contributed by atoms with Crippen LogP contribution in [0.5, 0.6) is 0 Å². The summed E-state index contributed by atoms with van der Waals surface area (Å²) in [5.41, 5.74) is 9.32. The summed E-state index contributed by atoms with van der Waals surface area (Å²) in [5.74, 6) is 0.685. The summed E-state index contributed by atoms with van der Waals surface area (Å²) in [6.07, 6.45) is 3.65. The molecular weight excluding hydrogens is 591 g/mol. The first-order valence-corrected chi connectivity index (χ1v) is 16.5. The van der Waals surface area contributed by atoms with Gasteiger partial charge in [0.1, 0.15) is 0 Å². The van der Waals surface area contributed by atoms with Crippen LogP contribution in [0.25, 0.3) is 87.1 Å². The minimum Gasteiger partial charge on any atom is -0.264 e. The molecule has 0 saturated carbocycles. The van der Waals surface area contributed by atoms with Crippen molar-refractivity contribution >= 4 is 42.3 Å². The average Bonchev–Trinajstić information content (AvgIpc) is 3.53. The van der Waals surface area contributed by atoms with Gasteiger partial charge in [0.05, 0.1) is 11.4 Å². The zero-order valence-electron chi connectivity index (χ0n) is 25.3. The zero-order valence-corrected chi connectivity index (χ0v) is 26.2. The van der Waals surface area contributed by atoms with E-state index in [4.69, 9.17) is 9.97 Å². The van der Waals surface area contributed by atoms with Crippen LogP contribution in [0.1, 0.15) is 0 Å². The Labute approximate surface area is 276 Å². The van der Waals surface area contributed by atoms with Crippen LogP contribution in [0.4, 0.5) is 0 Å². The molecule has 0 spiro atoms. The smallest absolute Gasteiger partial charge is 0.160 e. The Kier molecular flexibility index (Phi) is 6.65. The second-order valence-corrected chi connectivity index (χ2v) is 12.8. The molecule has 47 heavy (non-hydrogen) atoms. The van der Waals surface area contributed by atoms with Gasteiger partial charge in [-0.15, -0.1) is 11.3 Å². The summed E-state index contributed by atoms with van der Waals surface area (Å²) >= 11 is 1.84. The highest BCUT2D eigenvalue weighted by molar-refractivity contribution is 7.25. The third-order valence-electron chi connectivity index (χ3n) is 8.75. The molecule has 0 unspecified atom stereocenters. The number of pyridine rings is 1. The second-order valence-electron chi connectivity index (χ2n) is 11.7. The van der Waals surface area contributed by atoms with Crippen LogP contribution in [0.2, 0.25) is 0 Å². The van der Waals surface area contributed by atoms with Gasteiger partial charge in [-0.05, 0) is 87.6 Å². The van der Waals surface area contributed by atoms with Crippen LogP contribution in [0.3, 0.4) is 0 Å². The molecule has 0 bridgehead atoms. The van der Waals surface area contributed by atoms with Gasteiger partial charge in [-0.3, -0.25) is 4.98 Å². The Morgan fingerprint density at radius 2 is 1.11 bits per heavy atom. The third-order valence-corrected chi connectivity index (χ3v) is 9.91. The number of nitrogens with zero attached hydrogens (tertiary/aromatic N) is 3. The van der Waals surface area contributed by atoms with Gasteiger partial charge < -0.3 is 0 Å². The Morgan fingerprint density at radius 1 is 0.404 bits per heavy atom. The van der Waals surface area contributed by atoms with E-state index >= 15 is 0 Å². The Hall–Kier alpha value is -5.97. The lowest BCUT2D eigenvalue weighted by atomic mass is 9.92. The largest absolute Gasteiger partial charge is 0.264 e. The van der Waals surface area contributed by atoms with E-state index in [9.17, 15) is 0 Å². The highest BCUT2D eigenvalue weighted by Crippen LogP contribution is 2.40. The lowest BCUT2D eigenvalue weighted by Gasteiger charge is -2.14. The molecule has 0 aliphatic carbocycles. The van der Waals surface area contributed by atoms with Crippen molar-refractivity contribution in [1.82, 2.24) is 15.0 Å². The lowest BCUT2D eigenvalue weighted by molar-refractivity contribution is 1.18. The van der Waals surface area contributed by atoms with Crippen LogP contribution in [0.15, 0.2) is 164 Å². The molecule has 0 aliphatic heterocycles. The molecule has 220 valence electrons. The van der Waals surface area contributed by atoms with Crippen molar-refractivity contribution in [2.45, 2.75) is 0 Å². The van der Waals surface area contributed by atoms with Crippen molar-refractivity contribution in [3.05, 3.63) is 164 Å². The van der Waals surface area contributed by atoms with Gasteiger partial charge in [-0.2, -0.15) is 0 Å². The number of aromatic nitrogens is 3. The standard InChI is InChI=1S/C43H27N3S/c1-2-11-29(12-3-1)43-45-39(31-14-9-21-44-27-31)26-40(46-43)34-23-32(22-33(24-34)36-17-8-13-28-10-4-5-15-35(28)36)30-19-20-42-38(25-30)37-16-6-7-18-41(37)47-42/h1-27H. The summed E-state index contributed by atoms with van der Waals surface area (Å²) in [7, 11) is 0. The van der Waals surface area contributed by atoms with Gasteiger partial charge in [0.15, 0.2) is 5.82 Å². The topological polar surface area (TPSA) is 38.7 Å². The maximum atomic E-state index is 5.18. The van der Waals surface area contributed by atoms with E-state index in [1.54, 1.807) is 6.20 Å². The first-order chi connectivity index (χ1) is 23.3. The molecule has 4 heteroatoms. The van der Waals surface area contributed by atoms with Crippen LogP contribution in [-0.2, 0) is 0 Å². The fourth-order valence-corrected chi connectivity index (χ4v) is 7.54. The summed E-state index contributed by atoms with van der Waals surface area (Å²) in [6, 6.07) is 53.8. The van der Waals surface area contributed by atoms with Gasteiger partial charge in [-0.1, -0.05) is 97.1 Å². The maximum Gasteiger partial charge on any atom is 0.160 e. The Morgan fingerprint density at radius 3 is 1.98 bits per heavy atom. The fraction of sp³-hybridized carbons (Fsp3) is 0.